The van der Waals surface area contributed by atoms with Crippen LogP contribution in [0.3, 0.4) is 0 Å². The normalized spacial score (nSPS) is 13.1. The van der Waals surface area contributed by atoms with Crippen molar-refractivity contribution >= 4 is 22.8 Å². The molecule has 0 spiro atoms. The Balaban J connectivity index is 2.42. The van der Waals surface area contributed by atoms with E-state index < -0.39 is 0 Å². The molecule has 0 radical (unpaired) electrons. The minimum atomic E-state index is 0.406. The van der Waals surface area contributed by atoms with E-state index >= 15 is 0 Å². The Bertz CT molecular complexity index is 492. The van der Waals surface area contributed by atoms with E-state index in [1.165, 1.54) is 12.8 Å². The summed E-state index contributed by atoms with van der Waals surface area (Å²) < 4.78 is 2.18. The maximum atomic E-state index is 5.97. The quantitative estimate of drug-likeness (QED) is 0.754. The molecule has 3 nitrogen and oxygen atoms in total. The lowest BCUT2D eigenvalue weighted by Crippen LogP contribution is -2.09. The lowest BCUT2D eigenvalue weighted by molar-refractivity contribution is 0.483. The molecule has 2 aromatic rings. The molecule has 0 amide bonds. The third kappa shape index (κ3) is 2.44. The number of nitrogens with zero attached hydrogens (tertiary/aromatic N) is 3. The van der Waals surface area contributed by atoms with E-state index in [2.05, 4.69) is 28.4 Å². The predicted molar refractivity (Wildman–Crippen MR) is 71.3 cm³/mol. The number of hydrogen-bond acceptors (Lipinski definition) is 2. The van der Waals surface area contributed by atoms with Gasteiger partial charge in [-0.2, -0.15) is 0 Å². The largest absolute Gasteiger partial charge is 0.309 e. The van der Waals surface area contributed by atoms with Gasteiger partial charge in [0.2, 0.25) is 0 Å². The number of aromatic nitrogens is 3. The van der Waals surface area contributed by atoms with Crippen molar-refractivity contribution < 1.29 is 0 Å². The van der Waals surface area contributed by atoms with Crippen molar-refractivity contribution in [2.75, 3.05) is 0 Å². The fraction of sp³-hybridized carbons (Fsp3) is 0.538. The van der Waals surface area contributed by atoms with Crippen LogP contribution in [0.5, 0.6) is 0 Å². The fourth-order valence-electron chi connectivity index (χ4n) is 2.16. The minimum Gasteiger partial charge on any atom is -0.309 e. The Morgan fingerprint density at radius 1 is 1.47 bits per heavy atom. The summed E-state index contributed by atoms with van der Waals surface area (Å²) in [6.07, 6.45) is 5.38. The van der Waals surface area contributed by atoms with Crippen LogP contribution in [0, 0.1) is 0 Å². The lowest BCUT2D eigenvalue weighted by Gasteiger charge is -2.15. The second-order valence-electron chi connectivity index (χ2n) is 4.37. The number of alkyl halides is 1. The summed E-state index contributed by atoms with van der Waals surface area (Å²) in [6.45, 7) is 4.42. The molecule has 92 valence electrons. The zero-order valence-corrected chi connectivity index (χ0v) is 11.1. The van der Waals surface area contributed by atoms with Gasteiger partial charge in [-0.3, -0.25) is 0 Å². The molecule has 0 aliphatic rings. The molecular formula is C13H18ClN3. The Morgan fingerprint density at radius 2 is 2.29 bits per heavy atom. The van der Waals surface area contributed by atoms with Crippen LogP contribution >= 0.6 is 11.6 Å². The van der Waals surface area contributed by atoms with Crippen molar-refractivity contribution in [2.45, 2.75) is 45.0 Å². The van der Waals surface area contributed by atoms with Gasteiger partial charge in [0.15, 0.2) is 5.65 Å². The van der Waals surface area contributed by atoms with E-state index in [-0.39, 0.29) is 0 Å². The average Bonchev–Trinajstić information content (AvgIpc) is 2.74. The summed E-state index contributed by atoms with van der Waals surface area (Å²) in [5, 5.41) is 0. The number of rotatable bonds is 5. The van der Waals surface area contributed by atoms with Crippen molar-refractivity contribution in [3.05, 3.63) is 24.2 Å². The van der Waals surface area contributed by atoms with Gasteiger partial charge in [0.05, 0.1) is 5.88 Å². The molecule has 0 bridgehead atoms. The fourth-order valence-corrected chi connectivity index (χ4v) is 2.35. The molecule has 2 rings (SSSR count). The maximum absolute atomic E-state index is 5.97. The molecule has 2 heterocycles. The highest BCUT2D eigenvalue weighted by Gasteiger charge is 2.15. The molecule has 0 aliphatic carbocycles. The van der Waals surface area contributed by atoms with Crippen LogP contribution in [0.15, 0.2) is 18.3 Å². The summed E-state index contributed by atoms with van der Waals surface area (Å²) in [5.41, 5.74) is 1.89. The topological polar surface area (TPSA) is 30.7 Å². The number of unbranched alkanes of at least 4 members (excludes halogenated alkanes) is 1. The maximum Gasteiger partial charge on any atom is 0.160 e. The number of imidazole rings is 1. The van der Waals surface area contributed by atoms with Crippen LogP contribution in [0.25, 0.3) is 11.2 Å². The zero-order valence-electron chi connectivity index (χ0n) is 10.4. The van der Waals surface area contributed by atoms with E-state index in [0.29, 0.717) is 11.9 Å². The van der Waals surface area contributed by atoms with E-state index in [1.54, 1.807) is 0 Å². The second-order valence-corrected chi connectivity index (χ2v) is 4.64. The lowest BCUT2D eigenvalue weighted by atomic mass is 10.1. The van der Waals surface area contributed by atoms with Gasteiger partial charge >= 0.3 is 0 Å². The molecule has 4 heteroatoms. The van der Waals surface area contributed by atoms with Gasteiger partial charge in [-0.05, 0) is 25.5 Å². The standard InChI is InChI=1S/C13H18ClN3/c1-3-4-6-10(2)17-12(9-14)16-11-7-5-8-15-13(11)17/h5,7-8,10H,3-4,6,9H2,1-2H3. The summed E-state index contributed by atoms with van der Waals surface area (Å²) in [7, 11) is 0. The first kappa shape index (κ1) is 12.4. The molecule has 0 aromatic carbocycles. The first-order valence-electron chi connectivity index (χ1n) is 6.15. The monoisotopic (exact) mass is 251 g/mol. The summed E-state index contributed by atoms with van der Waals surface area (Å²) in [5.74, 6) is 1.36. The number of fused-ring (bicyclic) bond motifs is 1. The first-order valence-corrected chi connectivity index (χ1v) is 6.69. The van der Waals surface area contributed by atoms with Crippen molar-refractivity contribution in [1.29, 1.82) is 0 Å². The second kappa shape index (κ2) is 5.50. The Morgan fingerprint density at radius 3 is 3.00 bits per heavy atom. The number of hydrogen-bond donors (Lipinski definition) is 0. The van der Waals surface area contributed by atoms with Crippen LogP contribution in [-0.2, 0) is 5.88 Å². The predicted octanol–water partition coefficient (Wildman–Crippen LogP) is 3.92. The average molecular weight is 252 g/mol. The van der Waals surface area contributed by atoms with Gasteiger partial charge < -0.3 is 4.57 Å². The van der Waals surface area contributed by atoms with Crippen LogP contribution in [0.4, 0.5) is 0 Å². The highest BCUT2D eigenvalue weighted by atomic mass is 35.5. The number of halogens is 1. The van der Waals surface area contributed by atoms with Crippen LogP contribution in [-0.4, -0.2) is 14.5 Å². The van der Waals surface area contributed by atoms with Gasteiger partial charge in [0.25, 0.3) is 0 Å². The first-order chi connectivity index (χ1) is 8.27. The van der Waals surface area contributed by atoms with Crippen molar-refractivity contribution in [2.24, 2.45) is 0 Å². The van der Waals surface area contributed by atoms with Crippen LogP contribution < -0.4 is 0 Å². The molecule has 2 aromatic heterocycles. The van der Waals surface area contributed by atoms with E-state index in [0.717, 1.165) is 23.4 Å². The molecule has 1 unspecified atom stereocenters. The Hall–Kier alpha value is -1.09. The summed E-state index contributed by atoms with van der Waals surface area (Å²) >= 11 is 5.97. The Labute approximate surface area is 107 Å². The molecule has 0 saturated heterocycles. The highest BCUT2D eigenvalue weighted by molar-refractivity contribution is 6.16. The summed E-state index contributed by atoms with van der Waals surface area (Å²) in [6, 6.07) is 4.30. The third-order valence-electron chi connectivity index (χ3n) is 3.06. The van der Waals surface area contributed by atoms with Crippen molar-refractivity contribution in [1.82, 2.24) is 14.5 Å². The smallest absolute Gasteiger partial charge is 0.160 e. The molecule has 17 heavy (non-hydrogen) atoms. The molecule has 0 N–H and O–H groups in total. The van der Waals surface area contributed by atoms with Crippen molar-refractivity contribution in [3.63, 3.8) is 0 Å². The molecule has 0 aliphatic heterocycles. The van der Waals surface area contributed by atoms with Crippen LogP contribution in [0.2, 0.25) is 0 Å². The van der Waals surface area contributed by atoms with E-state index in [1.807, 2.05) is 18.3 Å². The van der Waals surface area contributed by atoms with E-state index in [4.69, 9.17) is 11.6 Å². The van der Waals surface area contributed by atoms with Gasteiger partial charge in [0, 0.05) is 12.2 Å². The molecule has 0 fully saturated rings. The van der Waals surface area contributed by atoms with Gasteiger partial charge in [-0.15, -0.1) is 11.6 Å². The van der Waals surface area contributed by atoms with Gasteiger partial charge in [0.1, 0.15) is 11.3 Å². The number of pyridine rings is 1. The Kier molecular flexibility index (Phi) is 4.00. The van der Waals surface area contributed by atoms with Crippen LogP contribution in [0.1, 0.15) is 45.0 Å². The molecule has 1 atom stereocenters. The third-order valence-corrected chi connectivity index (χ3v) is 3.30. The van der Waals surface area contributed by atoms with Gasteiger partial charge in [-0.1, -0.05) is 19.8 Å². The molecule has 0 saturated carbocycles. The molecular weight excluding hydrogens is 234 g/mol. The van der Waals surface area contributed by atoms with E-state index in [9.17, 15) is 0 Å². The SMILES string of the molecule is CCCCC(C)n1c(CCl)nc2cccnc21. The van der Waals surface area contributed by atoms with Gasteiger partial charge in [-0.25, -0.2) is 9.97 Å². The van der Waals surface area contributed by atoms with Crippen molar-refractivity contribution in [3.8, 4) is 0 Å². The summed E-state index contributed by atoms with van der Waals surface area (Å²) in [4.78, 5) is 8.95. The zero-order chi connectivity index (χ0) is 12.3. The minimum absolute atomic E-state index is 0.406. The highest BCUT2D eigenvalue weighted by Crippen LogP contribution is 2.23.